The minimum absolute atomic E-state index is 0.131. The molecule has 0 unspecified atom stereocenters. The van der Waals surface area contributed by atoms with E-state index in [-0.39, 0.29) is 27.3 Å². The van der Waals surface area contributed by atoms with Crippen LogP contribution in [-0.4, -0.2) is 27.2 Å². The van der Waals surface area contributed by atoms with Gasteiger partial charge in [-0.15, -0.1) is 24.5 Å². The molecule has 3 aromatic heterocycles. The van der Waals surface area contributed by atoms with Crippen molar-refractivity contribution in [2.24, 2.45) is 0 Å². The van der Waals surface area contributed by atoms with Gasteiger partial charge in [-0.25, -0.2) is 9.97 Å². The smallest absolute Gasteiger partial charge is 0.406 e. The van der Waals surface area contributed by atoms with E-state index in [9.17, 15) is 28.1 Å². The first-order chi connectivity index (χ1) is 15.1. The van der Waals surface area contributed by atoms with Crippen molar-refractivity contribution in [3.63, 3.8) is 0 Å². The highest BCUT2D eigenvalue weighted by molar-refractivity contribution is 7.18. The van der Waals surface area contributed by atoms with Crippen LogP contribution in [0.4, 0.5) is 24.0 Å². The minimum Gasteiger partial charge on any atom is -0.406 e. The van der Waals surface area contributed by atoms with Gasteiger partial charge >= 0.3 is 11.4 Å². The van der Waals surface area contributed by atoms with E-state index in [1.165, 1.54) is 35.6 Å². The number of anilines is 1. The number of halogens is 3. The molecule has 13 heteroatoms. The molecule has 0 bridgehead atoms. The fraction of sp³-hybridized carbons (Fsp3) is 0.105. The van der Waals surface area contributed by atoms with Crippen LogP contribution in [0.5, 0.6) is 5.75 Å². The van der Waals surface area contributed by atoms with Gasteiger partial charge in [-0.3, -0.25) is 14.9 Å². The number of nitro groups is 1. The molecule has 0 atom stereocenters. The fourth-order valence-corrected chi connectivity index (χ4v) is 4.42. The number of carbonyl (C=O) groups excluding carboxylic acids is 1. The topological polar surface area (TPSA) is 107 Å². The van der Waals surface area contributed by atoms with Gasteiger partial charge in [0.25, 0.3) is 5.91 Å². The molecule has 0 fully saturated rings. The number of hydrogen-bond acceptors (Lipinski definition) is 8. The maximum absolute atomic E-state index is 12.6. The van der Waals surface area contributed by atoms with Gasteiger partial charge in [-0.2, -0.15) is 0 Å². The lowest BCUT2D eigenvalue weighted by molar-refractivity contribution is -0.380. The van der Waals surface area contributed by atoms with Crippen molar-refractivity contribution in [1.29, 1.82) is 0 Å². The summed E-state index contributed by atoms with van der Waals surface area (Å²) in [5.41, 5.74) is 1.81. The van der Waals surface area contributed by atoms with Gasteiger partial charge in [0.05, 0.1) is 20.0 Å². The Morgan fingerprint density at radius 2 is 1.88 bits per heavy atom. The monoisotopic (exact) mass is 480 g/mol. The molecule has 4 rings (SSSR count). The Bertz CT molecular complexity index is 1330. The molecule has 1 aromatic carbocycles. The zero-order valence-corrected chi connectivity index (χ0v) is 17.6. The first-order valence-electron chi connectivity index (χ1n) is 8.78. The summed E-state index contributed by atoms with van der Waals surface area (Å²) in [5, 5.41) is 15.2. The van der Waals surface area contributed by atoms with Crippen molar-refractivity contribution in [1.82, 2.24) is 9.97 Å². The van der Waals surface area contributed by atoms with Crippen LogP contribution in [0.25, 0.3) is 21.6 Å². The maximum atomic E-state index is 12.6. The SMILES string of the molecule is Cc1csc2c(NC(=O)c3ccc([N+](=O)[O-])s3)nc(-c3ccc(OC(F)(F)F)cc3)nc12. The Balaban J connectivity index is 1.69. The van der Waals surface area contributed by atoms with E-state index in [1.807, 2.05) is 12.3 Å². The van der Waals surface area contributed by atoms with E-state index >= 15 is 0 Å². The number of alkyl halides is 3. The molecule has 3 heterocycles. The normalized spacial score (nSPS) is 11.5. The Labute approximate surface area is 185 Å². The second kappa shape index (κ2) is 8.16. The number of thiophene rings is 2. The largest absolute Gasteiger partial charge is 0.573 e. The highest BCUT2D eigenvalue weighted by atomic mass is 32.1. The summed E-state index contributed by atoms with van der Waals surface area (Å²) in [5.74, 6) is -0.583. The standard InChI is InChI=1S/C19H11F3N4O4S2/c1-9-8-31-15-14(9)23-16(10-2-4-11(5-3-10)30-19(20,21)22)24-17(15)25-18(27)12-6-7-13(32-12)26(28)29/h2-8H,1H3,(H,23,24,25,27). The van der Waals surface area contributed by atoms with Gasteiger partial charge in [-0.1, -0.05) is 11.3 Å². The predicted octanol–water partition coefficient (Wildman–Crippen LogP) is 5.79. The minimum atomic E-state index is -4.81. The number of nitrogens with zero attached hydrogens (tertiary/aromatic N) is 3. The molecule has 1 N–H and O–H groups in total. The van der Waals surface area contributed by atoms with Crippen molar-refractivity contribution < 1.29 is 27.6 Å². The van der Waals surface area contributed by atoms with E-state index in [0.29, 0.717) is 15.8 Å². The van der Waals surface area contributed by atoms with Gasteiger partial charge in [0.1, 0.15) is 5.75 Å². The van der Waals surface area contributed by atoms with Crippen molar-refractivity contribution in [2.75, 3.05) is 5.32 Å². The third-order valence-corrected chi connectivity index (χ3v) is 6.30. The molecule has 8 nitrogen and oxygen atoms in total. The second-order valence-corrected chi connectivity index (χ2v) is 8.36. The number of aromatic nitrogens is 2. The van der Waals surface area contributed by atoms with E-state index in [2.05, 4.69) is 20.0 Å². The molecule has 0 saturated carbocycles. The van der Waals surface area contributed by atoms with Crippen molar-refractivity contribution in [3.8, 4) is 17.1 Å². The highest BCUT2D eigenvalue weighted by Crippen LogP contribution is 2.33. The first kappa shape index (κ1) is 21.6. The van der Waals surface area contributed by atoms with Gasteiger partial charge < -0.3 is 10.1 Å². The quantitative estimate of drug-likeness (QED) is 0.286. The average Bonchev–Trinajstić information content (AvgIpc) is 3.35. The number of carbonyl (C=O) groups is 1. The molecule has 0 spiro atoms. The fourth-order valence-electron chi connectivity index (χ4n) is 2.77. The molecule has 0 aliphatic heterocycles. The average molecular weight is 480 g/mol. The molecule has 0 aliphatic carbocycles. The van der Waals surface area contributed by atoms with Gasteiger partial charge in [0.2, 0.25) is 0 Å². The van der Waals surface area contributed by atoms with Crippen molar-refractivity contribution in [2.45, 2.75) is 13.3 Å². The molecule has 32 heavy (non-hydrogen) atoms. The molecule has 4 aromatic rings. The van der Waals surface area contributed by atoms with Crippen molar-refractivity contribution >= 4 is 49.6 Å². The number of rotatable bonds is 5. The predicted molar refractivity (Wildman–Crippen MR) is 113 cm³/mol. The molecule has 0 radical (unpaired) electrons. The van der Waals surface area contributed by atoms with E-state index in [4.69, 9.17) is 0 Å². The zero-order chi connectivity index (χ0) is 23.0. The molecular formula is C19H11F3N4O4S2. The number of amides is 1. The van der Waals surface area contributed by atoms with Crippen molar-refractivity contribution in [3.05, 3.63) is 62.3 Å². The Morgan fingerprint density at radius 1 is 1.16 bits per heavy atom. The molecule has 0 aliphatic rings. The van der Waals surface area contributed by atoms with Crippen LogP contribution in [0, 0.1) is 17.0 Å². The lowest BCUT2D eigenvalue weighted by Gasteiger charge is -2.10. The number of benzene rings is 1. The Hall–Kier alpha value is -3.58. The third-order valence-electron chi connectivity index (χ3n) is 4.17. The highest BCUT2D eigenvalue weighted by Gasteiger charge is 2.31. The third kappa shape index (κ3) is 4.53. The number of fused-ring (bicyclic) bond motifs is 1. The van der Waals surface area contributed by atoms with Gasteiger partial charge in [-0.05, 0) is 48.2 Å². The zero-order valence-electron chi connectivity index (χ0n) is 16.0. The lowest BCUT2D eigenvalue weighted by atomic mass is 10.2. The van der Waals surface area contributed by atoms with E-state index < -0.39 is 17.2 Å². The molecule has 164 valence electrons. The van der Waals surface area contributed by atoms with E-state index in [1.54, 1.807) is 0 Å². The molecule has 0 saturated heterocycles. The summed E-state index contributed by atoms with van der Waals surface area (Å²) in [7, 11) is 0. The second-order valence-electron chi connectivity index (χ2n) is 6.41. The lowest BCUT2D eigenvalue weighted by Crippen LogP contribution is -2.17. The van der Waals surface area contributed by atoms with Crippen LogP contribution in [-0.2, 0) is 0 Å². The molecular weight excluding hydrogens is 469 g/mol. The van der Waals surface area contributed by atoms with Crippen LogP contribution in [0.3, 0.4) is 0 Å². The van der Waals surface area contributed by atoms with Gasteiger partial charge in [0, 0.05) is 11.6 Å². The Kier molecular flexibility index (Phi) is 5.52. The molecule has 1 amide bonds. The number of aryl methyl sites for hydroxylation is 1. The van der Waals surface area contributed by atoms with Crippen LogP contribution in [0.1, 0.15) is 15.2 Å². The summed E-state index contributed by atoms with van der Waals surface area (Å²) in [4.78, 5) is 31.9. The summed E-state index contributed by atoms with van der Waals surface area (Å²) in [6.07, 6.45) is -4.81. The first-order valence-corrected chi connectivity index (χ1v) is 10.5. The maximum Gasteiger partial charge on any atom is 0.573 e. The van der Waals surface area contributed by atoms with E-state index in [0.717, 1.165) is 29.0 Å². The van der Waals surface area contributed by atoms with Crippen LogP contribution >= 0.6 is 22.7 Å². The Morgan fingerprint density at radius 3 is 2.50 bits per heavy atom. The van der Waals surface area contributed by atoms with Gasteiger partial charge in [0.15, 0.2) is 11.6 Å². The van der Waals surface area contributed by atoms with Crippen LogP contribution < -0.4 is 10.1 Å². The number of ether oxygens (including phenoxy) is 1. The summed E-state index contributed by atoms with van der Waals surface area (Å²) >= 11 is 2.04. The van der Waals surface area contributed by atoms with Crippen LogP contribution in [0.2, 0.25) is 0 Å². The summed E-state index contributed by atoms with van der Waals surface area (Å²) in [6.45, 7) is 1.82. The number of nitrogens with one attached hydrogen (secondary N) is 1. The number of hydrogen-bond donors (Lipinski definition) is 1. The van der Waals surface area contributed by atoms with Crippen LogP contribution in [0.15, 0.2) is 41.8 Å². The summed E-state index contributed by atoms with van der Waals surface area (Å²) < 4.78 is 41.6. The summed E-state index contributed by atoms with van der Waals surface area (Å²) in [6, 6.07) is 7.60.